The highest BCUT2D eigenvalue weighted by Gasteiger charge is 2.29. The lowest BCUT2D eigenvalue weighted by molar-refractivity contribution is -0.129. The number of benzene rings is 1. The third kappa shape index (κ3) is 5.30. The Morgan fingerprint density at radius 3 is 2.74 bits per heavy atom. The van der Waals surface area contributed by atoms with Gasteiger partial charge in [0.2, 0.25) is 5.91 Å². The van der Waals surface area contributed by atoms with Crippen LogP contribution in [0.25, 0.3) is 0 Å². The molecule has 0 aromatic heterocycles. The van der Waals surface area contributed by atoms with Crippen LogP contribution in [-0.4, -0.2) is 43.3 Å². The van der Waals surface area contributed by atoms with Crippen molar-refractivity contribution in [1.82, 2.24) is 16.0 Å². The summed E-state index contributed by atoms with van der Waals surface area (Å²) < 4.78 is 5.53. The third-order valence-electron chi connectivity index (χ3n) is 4.21. The van der Waals surface area contributed by atoms with Crippen LogP contribution in [0.15, 0.2) is 30.3 Å². The van der Waals surface area contributed by atoms with Gasteiger partial charge in [0.1, 0.15) is 6.04 Å². The molecule has 1 saturated heterocycles. The largest absolute Gasteiger partial charge is 0.375 e. The van der Waals surface area contributed by atoms with Gasteiger partial charge in [0, 0.05) is 24.7 Å². The van der Waals surface area contributed by atoms with Gasteiger partial charge in [-0.1, -0.05) is 30.3 Å². The first kappa shape index (κ1) is 17.9. The van der Waals surface area contributed by atoms with E-state index in [4.69, 9.17) is 4.74 Å². The highest BCUT2D eigenvalue weighted by atomic mass is 16.5. The van der Waals surface area contributed by atoms with Crippen LogP contribution >= 0.6 is 0 Å². The molecule has 1 aromatic carbocycles. The van der Waals surface area contributed by atoms with E-state index >= 15 is 0 Å². The predicted octanol–water partition coefficient (Wildman–Crippen LogP) is 1.61. The molecule has 5 heteroatoms. The van der Waals surface area contributed by atoms with Gasteiger partial charge in [-0.2, -0.15) is 0 Å². The van der Waals surface area contributed by atoms with Crippen LogP contribution in [0.1, 0.15) is 39.3 Å². The molecule has 0 spiro atoms. The summed E-state index contributed by atoms with van der Waals surface area (Å²) in [6.07, 6.45) is -0.0944. The summed E-state index contributed by atoms with van der Waals surface area (Å²) in [7, 11) is 0. The van der Waals surface area contributed by atoms with Gasteiger partial charge in [-0.15, -0.1) is 0 Å². The van der Waals surface area contributed by atoms with Crippen molar-refractivity contribution >= 4 is 5.91 Å². The number of carbonyl (C=O) groups excluding carboxylic acids is 1. The summed E-state index contributed by atoms with van der Waals surface area (Å²) in [5.41, 5.74) is 1.03. The lowest BCUT2D eigenvalue weighted by Crippen LogP contribution is -2.58. The normalized spacial score (nSPS) is 23.3. The van der Waals surface area contributed by atoms with E-state index in [0.29, 0.717) is 13.2 Å². The second-order valence-corrected chi connectivity index (χ2v) is 6.89. The number of ether oxygens (including phenoxy) is 1. The van der Waals surface area contributed by atoms with E-state index in [-0.39, 0.29) is 29.6 Å². The topological polar surface area (TPSA) is 62.4 Å². The Bertz CT molecular complexity index is 504. The van der Waals surface area contributed by atoms with Crippen molar-refractivity contribution in [3.8, 4) is 0 Å². The fraction of sp³-hybridized carbons (Fsp3) is 0.611. The van der Waals surface area contributed by atoms with Crippen LogP contribution in [0, 0.1) is 0 Å². The quantitative estimate of drug-likeness (QED) is 0.745. The van der Waals surface area contributed by atoms with Gasteiger partial charge >= 0.3 is 0 Å². The minimum atomic E-state index is -0.272. The van der Waals surface area contributed by atoms with Crippen molar-refractivity contribution in [2.75, 3.05) is 19.7 Å². The minimum Gasteiger partial charge on any atom is -0.375 e. The molecule has 3 N–H and O–H groups in total. The summed E-state index contributed by atoms with van der Waals surface area (Å²) >= 11 is 0. The summed E-state index contributed by atoms with van der Waals surface area (Å²) in [6, 6.07) is 10.3. The fourth-order valence-electron chi connectivity index (χ4n) is 2.91. The maximum absolute atomic E-state index is 12.3. The molecular formula is C18H29N3O2. The molecule has 128 valence electrons. The van der Waals surface area contributed by atoms with Crippen LogP contribution in [0.2, 0.25) is 0 Å². The number of nitrogens with one attached hydrogen (secondary N) is 3. The van der Waals surface area contributed by atoms with Crippen molar-refractivity contribution in [3.05, 3.63) is 35.9 Å². The molecule has 1 fully saturated rings. The smallest absolute Gasteiger partial charge is 0.239 e. The van der Waals surface area contributed by atoms with E-state index in [1.165, 1.54) is 5.56 Å². The highest BCUT2D eigenvalue weighted by Crippen LogP contribution is 2.15. The molecule has 1 unspecified atom stereocenters. The minimum absolute atomic E-state index is 0.000519. The summed E-state index contributed by atoms with van der Waals surface area (Å²) in [5, 5.41) is 9.83. The number of hydrogen-bond acceptors (Lipinski definition) is 4. The summed E-state index contributed by atoms with van der Waals surface area (Å²) in [5.74, 6) is -0.000519. The maximum atomic E-state index is 12.3. The van der Waals surface area contributed by atoms with Gasteiger partial charge in [-0.05, 0) is 33.3 Å². The van der Waals surface area contributed by atoms with Crippen molar-refractivity contribution in [1.29, 1.82) is 0 Å². The predicted molar refractivity (Wildman–Crippen MR) is 92.3 cm³/mol. The number of amides is 1. The Labute approximate surface area is 139 Å². The Kier molecular flexibility index (Phi) is 6.16. The van der Waals surface area contributed by atoms with Gasteiger partial charge < -0.3 is 20.7 Å². The summed E-state index contributed by atoms with van der Waals surface area (Å²) in [6.45, 7) is 10.2. The first-order valence-corrected chi connectivity index (χ1v) is 8.34. The molecular weight excluding hydrogens is 290 g/mol. The van der Waals surface area contributed by atoms with Crippen LogP contribution < -0.4 is 16.0 Å². The molecule has 0 aliphatic carbocycles. The number of morpholine rings is 1. The van der Waals surface area contributed by atoms with E-state index in [0.717, 1.165) is 6.54 Å². The SMILES string of the molecule is CC(NC(C)(C)CNC(=O)[C@H]1NCCO[C@@H]1C)c1ccccc1. The van der Waals surface area contributed by atoms with Gasteiger partial charge in [-0.3, -0.25) is 4.79 Å². The lowest BCUT2D eigenvalue weighted by atomic mass is 10.0. The first-order valence-electron chi connectivity index (χ1n) is 8.34. The van der Waals surface area contributed by atoms with Gasteiger partial charge in [0.05, 0.1) is 12.7 Å². The number of carbonyl (C=O) groups is 1. The Hall–Kier alpha value is -1.43. The Morgan fingerprint density at radius 2 is 2.09 bits per heavy atom. The average Bonchev–Trinajstić information content (AvgIpc) is 2.53. The Morgan fingerprint density at radius 1 is 1.39 bits per heavy atom. The van der Waals surface area contributed by atoms with Crippen LogP contribution in [0.3, 0.4) is 0 Å². The molecule has 1 aliphatic rings. The molecule has 1 aliphatic heterocycles. The van der Waals surface area contributed by atoms with Crippen molar-refractivity contribution in [2.24, 2.45) is 0 Å². The van der Waals surface area contributed by atoms with E-state index in [9.17, 15) is 4.79 Å². The van der Waals surface area contributed by atoms with Gasteiger partial charge in [0.25, 0.3) is 0 Å². The second-order valence-electron chi connectivity index (χ2n) is 6.89. The van der Waals surface area contributed by atoms with E-state index < -0.39 is 0 Å². The molecule has 2 rings (SSSR count). The zero-order valence-corrected chi connectivity index (χ0v) is 14.6. The fourth-order valence-corrected chi connectivity index (χ4v) is 2.91. The molecule has 3 atom stereocenters. The summed E-state index contributed by atoms with van der Waals surface area (Å²) in [4.78, 5) is 12.3. The standard InChI is InChI=1S/C18H29N3O2/c1-13(15-8-6-5-7-9-15)21-18(3,4)12-20-17(22)16-14(2)23-11-10-19-16/h5-9,13-14,16,19,21H,10-12H2,1-4H3,(H,20,22)/t13?,14-,16+/m1/s1. The average molecular weight is 319 g/mol. The Balaban J connectivity index is 1.84. The van der Waals surface area contributed by atoms with Gasteiger partial charge in [0.15, 0.2) is 0 Å². The van der Waals surface area contributed by atoms with E-state index in [1.54, 1.807) is 0 Å². The second kappa shape index (κ2) is 7.90. The number of rotatable bonds is 6. The maximum Gasteiger partial charge on any atom is 0.239 e. The highest BCUT2D eigenvalue weighted by molar-refractivity contribution is 5.82. The van der Waals surface area contributed by atoms with Crippen LogP contribution in [-0.2, 0) is 9.53 Å². The molecule has 23 heavy (non-hydrogen) atoms. The third-order valence-corrected chi connectivity index (χ3v) is 4.21. The zero-order chi connectivity index (χ0) is 16.9. The van der Waals surface area contributed by atoms with E-state index in [2.05, 4.69) is 48.9 Å². The first-order chi connectivity index (χ1) is 10.9. The lowest BCUT2D eigenvalue weighted by Gasteiger charge is -2.33. The van der Waals surface area contributed by atoms with Crippen LogP contribution in [0.4, 0.5) is 0 Å². The van der Waals surface area contributed by atoms with Crippen molar-refractivity contribution in [2.45, 2.75) is 51.4 Å². The van der Waals surface area contributed by atoms with E-state index in [1.807, 2.05) is 25.1 Å². The molecule has 0 bridgehead atoms. The molecule has 1 heterocycles. The molecule has 1 aromatic rings. The monoisotopic (exact) mass is 319 g/mol. The zero-order valence-electron chi connectivity index (χ0n) is 14.6. The van der Waals surface area contributed by atoms with Crippen molar-refractivity contribution < 1.29 is 9.53 Å². The van der Waals surface area contributed by atoms with Crippen LogP contribution in [0.5, 0.6) is 0 Å². The van der Waals surface area contributed by atoms with Crippen molar-refractivity contribution in [3.63, 3.8) is 0 Å². The molecule has 0 radical (unpaired) electrons. The molecule has 0 saturated carbocycles. The molecule has 1 amide bonds. The molecule has 5 nitrogen and oxygen atoms in total. The van der Waals surface area contributed by atoms with Gasteiger partial charge in [-0.25, -0.2) is 0 Å². The number of hydrogen-bond donors (Lipinski definition) is 3.